The Balaban J connectivity index is 1.37. The molecule has 1 amide bonds. The zero-order chi connectivity index (χ0) is 26.3. The molecule has 7 heteroatoms. The molecule has 2 aromatic heterocycles. The highest BCUT2D eigenvalue weighted by atomic mass is 35.5. The lowest BCUT2D eigenvalue weighted by atomic mass is 10.1. The van der Waals surface area contributed by atoms with Gasteiger partial charge in [-0.2, -0.15) is 5.10 Å². The number of para-hydroxylation sites is 1. The van der Waals surface area contributed by atoms with Crippen LogP contribution in [-0.2, 0) is 4.79 Å². The summed E-state index contributed by atoms with van der Waals surface area (Å²) in [5, 5.41) is 8.16. The number of furan rings is 1. The Labute approximate surface area is 224 Å². The number of halogens is 1. The summed E-state index contributed by atoms with van der Waals surface area (Å²) in [6.45, 7) is 0. The highest BCUT2D eigenvalue weighted by Gasteiger charge is 2.12. The van der Waals surface area contributed by atoms with E-state index in [-0.39, 0.29) is 11.7 Å². The van der Waals surface area contributed by atoms with Crippen molar-refractivity contribution in [3.63, 3.8) is 0 Å². The Bertz CT molecular complexity index is 1620. The molecule has 2 heterocycles. The molecule has 0 saturated heterocycles. The number of benzene rings is 3. The van der Waals surface area contributed by atoms with Crippen molar-refractivity contribution in [1.82, 2.24) is 9.78 Å². The van der Waals surface area contributed by atoms with Crippen LogP contribution in [0.2, 0.25) is 5.02 Å². The van der Waals surface area contributed by atoms with E-state index >= 15 is 0 Å². The van der Waals surface area contributed by atoms with E-state index in [1.54, 1.807) is 65.4 Å². The first-order valence-corrected chi connectivity index (χ1v) is 12.2. The number of carbonyl (C=O) groups excluding carboxylic acids is 2. The van der Waals surface area contributed by atoms with Crippen LogP contribution in [0.4, 0.5) is 5.69 Å². The summed E-state index contributed by atoms with van der Waals surface area (Å²) in [5.74, 6) is 0.0342. The molecule has 0 saturated carbocycles. The van der Waals surface area contributed by atoms with Gasteiger partial charge in [0.25, 0.3) is 0 Å². The maximum Gasteiger partial charge on any atom is 0.248 e. The lowest BCUT2D eigenvalue weighted by Crippen LogP contribution is -2.08. The van der Waals surface area contributed by atoms with Crippen molar-refractivity contribution in [1.29, 1.82) is 0 Å². The largest absolute Gasteiger partial charge is 0.465 e. The third-order valence-electron chi connectivity index (χ3n) is 5.65. The highest BCUT2D eigenvalue weighted by molar-refractivity contribution is 6.30. The third kappa shape index (κ3) is 6.06. The summed E-state index contributed by atoms with van der Waals surface area (Å²) in [6.07, 6.45) is 9.60. The van der Waals surface area contributed by atoms with Crippen LogP contribution in [0.1, 0.15) is 21.7 Å². The van der Waals surface area contributed by atoms with E-state index in [2.05, 4.69) is 5.32 Å². The molecule has 5 rings (SSSR count). The first-order chi connectivity index (χ1) is 18.5. The van der Waals surface area contributed by atoms with Crippen LogP contribution in [0.3, 0.4) is 0 Å². The third-order valence-corrected chi connectivity index (χ3v) is 5.90. The Morgan fingerprint density at radius 2 is 1.68 bits per heavy atom. The van der Waals surface area contributed by atoms with Crippen LogP contribution in [0.5, 0.6) is 0 Å². The van der Waals surface area contributed by atoms with E-state index in [1.807, 2.05) is 48.7 Å². The fraction of sp³-hybridized carbons (Fsp3) is 0. The molecule has 0 spiro atoms. The Kier molecular flexibility index (Phi) is 7.43. The minimum Gasteiger partial charge on any atom is -0.465 e. The second-order valence-electron chi connectivity index (χ2n) is 8.34. The fourth-order valence-corrected chi connectivity index (χ4v) is 3.92. The minimum atomic E-state index is -0.331. The van der Waals surface area contributed by atoms with E-state index in [9.17, 15) is 9.59 Å². The predicted molar refractivity (Wildman–Crippen MR) is 150 cm³/mol. The van der Waals surface area contributed by atoms with Gasteiger partial charge in [-0.15, -0.1) is 0 Å². The van der Waals surface area contributed by atoms with Gasteiger partial charge in [0, 0.05) is 39.7 Å². The quantitative estimate of drug-likeness (QED) is 0.172. The van der Waals surface area contributed by atoms with Gasteiger partial charge in [0.05, 0.1) is 17.6 Å². The summed E-state index contributed by atoms with van der Waals surface area (Å²) in [4.78, 5) is 25.3. The van der Waals surface area contributed by atoms with Crippen LogP contribution in [0, 0.1) is 0 Å². The molecule has 0 radical (unpaired) electrons. The number of hydrogen-bond donors (Lipinski definition) is 1. The first-order valence-electron chi connectivity index (χ1n) is 11.8. The summed E-state index contributed by atoms with van der Waals surface area (Å²) in [7, 11) is 0. The number of carbonyl (C=O) groups is 2. The molecule has 186 valence electrons. The van der Waals surface area contributed by atoms with E-state index in [0.29, 0.717) is 22.0 Å². The summed E-state index contributed by atoms with van der Waals surface area (Å²) >= 11 is 6.08. The number of rotatable bonds is 8. The van der Waals surface area contributed by atoms with Crippen LogP contribution < -0.4 is 5.32 Å². The summed E-state index contributed by atoms with van der Waals surface area (Å²) < 4.78 is 6.96. The average molecular weight is 520 g/mol. The van der Waals surface area contributed by atoms with Gasteiger partial charge >= 0.3 is 0 Å². The van der Waals surface area contributed by atoms with E-state index < -0.39 is 0 Å². The molecule has 3 aromatic carbocycles. The summed E-state index contributed by atoms with van der Waals surface area (Å²) in [5.41, 5.74) is 4.23. The zero-order valence-electron chi connectivity index (χ0n) is 20.1. The second kappa shape index (κ2) is 11.4. The molecule has 0 unspecified atom stereocenters. The van der Waals surface area contributed by atoms with Crippen molar-refractivity contribution < 1.29 is 14.0 Å². The smallest absolute Gasteiger partial charge is 0.248 e. The van der Waals surface area contributed by atoms with Gasteiger partial charge < -0.3 is 9.73 Å². The van der Waals surface area contributed by atoms with Gasteiger partial charge in [-0.05, 0) is 66.8 Å². The molecule has 0 aliphatic heterocycles. The van der Waals surface area contributed by atoms with E-state index in [1.165, 1.54) is 18.4 Å². The van der Waals surface area contributed by atoms with Crippen molar-refractivity contribution in [2.45, 2.75) is 0 Å². The molecule has 0 aliphatic carbocycles. The maximum absolute atomic E-state index is 13.0. The fourth-order valence-electron chi connectivity index (χ4n) is 3.79. The van der Waals surface area contributed by atoms with Gasteiger partial charge in [-0.25, -0.2) is 4.68 Å². The molecule has 0 bridgehead atoms. The Morgan fingerprint density at radius 3 is 2.45 bits per heavy atom. The standard InChI is InChI=1S/C31H22ClN3O3/c32-25-14-11-22(12-15-25)31-24(21-35(34-31)27-8-2-1-3-9-27)13-17-29(36)23-6-4-7-26(20-23)33-30(37)18-16-28-10-5-19-38-28/h1-21H,(H,33,37)/b17-13+,18-16+. The maximum atomic E-state index is 13.0. The molecule has 38 heavy (non-hydrogen) atoms. The van der Waals surface area contributed by atoms with Gasteiger partial charge in [0.1, 0.15) is 5.76 Å². The molecule has 1 N–H and O–H groups in total. The lowest BCUT2D eigenvalue weighted by Gasteiger charge is -2.04. The zero-order valence-corrected chi connectivity index (χ0v) is 20.9. The second-order valence-corrected chi connectivity index (χ2v) is 8.77. The number of aromatic nitrogens is 2. The SMILES string of the molecule is O=C(/C=C/c1ccco1)Nc1cccc(C(=O)/C=C/c2cn(-c3ccccc3)nc2-c2ccc(Cl)cc2)c1. The number of ketones is 1. The van der Waals surface area contributed by atoms with Gasteiger partial charge in [-0.3, -0.25) is 9.59 Å². The van der Waals surface area contributed by atoms with Crippen LogP contribution in [-0.4, -0.2) is 21.5 Å². The van der Waals surface area contributed by atoms with Crippen LogP contribution in [0.25, 0.3) is 29.1 Å². The monoisotopic (exact) mass is 519 g/mol. The van der Waals surface area contributed by atoms with Gasteiger partial charge in [0.15, 0.2) is 5.78 Å². The minimum absolute atomic E-state index is 0.207. The number of allylic oxidation sites excluding steroid dienone is 1. The molecular formula is C31H22ClN3O3. The van der Waals surface area contributed by atoms with Crippen molar-refractivity contribution in [3.8, 4) is 16.9 Å². The average Bonchev–Trinajstić information content (AvgIpc) is 3.62. The predicted octanol–water partition coefficient (Wildman–Crippen LogP) is 7.33. The number of nitrogens with one attached hydrogen (secondary N) is 1. The van der Waals surface area contributed by atoms with Crippen LogP contribution >= 0.6 is 11.6 Å². The van der Waals surface area contributed by atoms with E-state index in [4.69, 9.17) is 21.1 Å². The van der Waals surface area contributed by atoms with E-state index in [0.717, 1.165) is 22.5 Å². The number of amides is 1. The molecule has 0 fully saturated rings. The van der Waals surface area contributed by atoms with Crippen molar-refractivity contribution in [2.75, 3.05) is 5.32 Å². The summed E-state index contributed by atoms with van der Waals surface area (Å²) in [6, 6.07) is 27.4. The number of hydrogen-bond acceptors (Lipinski definition) is 4. The number of nitrogens with zero attached hydrogens (tertiary/aromatic N) is 2. The highest BCUT2D eigenvalue weighted by Crippen LogP contribution is 2.26. The Morgan fingerprint density at radius 1 is 0.868 bits per heavy atom. The van der Waals surface area contributed by atoms with Crippen molar-refractivity contribution >= 4 is 41.1 Å². The molecule has 5 aromatic rings. The normalized spacial score (nSPS) is 11.3. The molecule has 6 nitrogen and oxygen atoms in total. The van der Waals surface area contributed by atoms with Crippen molar-refractivity contribution in [3.05, 3.63) is 138 Å². The topological polar surface area (TPSA) is 77.1 Å². The molecule has 0 atom stereocenters. The first kappa shape index (κ1) is 24.7. The Hall–Kier alpha value is -4.94. The van der Waals surface area contributed by atoms with Gasteiger partial charge in [-0.1, -0.05) is 54.1 Å². The number of anilines is 1. The molecular weight excluding hydrogens is 498 g/mol. The van der Waals surface area contributed by atoms with Gasteiger partial charge in [0.2, 0.25) is 5.91 Å². The molecule has 0 aliphatic rings. The lowest BCUT2D eigenvalue weighted by molar-refractivity contribution is -0.111. The van der Waals surface area contributed by atoms with Crippen LogP contribution in [0.15, 0.2) is 120 Å². The van der Waals surface area contributed by atoms with Crippen molar-refractivity contribution in [2.24, 2.45) is 0 Å².